The summed E-state index contributed by atoms with van der Waals surface area (Å²) >= 11 is 0. The molecule has 3 N–H and O–H groups in total. The van der Waals surface area contributed by atoms with Gasteiger partial charge in [0, 0.05) is 33.1 Å². The standard InChI is InChI=1S/C18H27N7O/c1-3-16-24-23-14-25(16)12-11-21-18(19-2)22-13-17(26)20-10-9-15-7-5-4-6-8-15/h4-8,14H,3,9-13H2,1-2H3,(H,20,26)(H2,19,21,22). The maximum Gasteiger partial charge on any atom is 0.239 e. The van der Waals surface area contributed by atoms with Gasteiger partial charge in [0.25, 0.3) is 0 Å². The van der Waals surface area contributed by atoms with Crippen molar-refractivity contribution in [2.24, 2.45) is 4.99 Å². The quantitative estimate of drug-likeness (QED) is 0.445. The molecule has 1 aromatic carbocycles. The molecule has 0 aliphatic rings. The Hall–Kier alpha value is -2.90. The van der Waals surface area contributed by atoms with Crippen LogP contribution in [-0.2, 0) is 24.2 Å². The maximum atomic E-state index is 11.9. The Bertz CT molecular complexity index is 697. The summed E-state index contributed by atoms with van der Waals surface area (Å²) in [5.74, 6) is 1.48. The van der Waals surface area contributed by atoms with Gasteiger partial charge in [0.05, 0.1) is 6.54 Å². The summed E-state index contributed by atoms with van der Waals surface area (Å²) < 4.78 is 2.00. The van der Waals surface area contributed by atoms with Crippen LogP contribution in [0.25, 0.3) is 0 Å². The highest BCUT2D eigenvalue weighted by molar-refractivity contribution is 5.86. The molecule has 1 aromatic heterocycles. The van der Waals surface area contributed by atoms with Crippen LogP contribution in [0.5, 0.6) is 0 Å². The number of guanidine groups is 1. The molecule has 8 nitrogen and oxygen atoms in total. The van der Waals surface area contributed by atoms with Crippen molar-refractivity contribution in [1.29, 1.82) is 0 Å². The predicted octanol–water partition coefficient (Wildman–Crippen LogP) is 0.364. The van der Waals surface area contributed by atoms with Crippen LogP contribution >= 0.6 is 0 Å². The van der Waals surface area contributed by atoms with Gasteiger partial charge in [-0.05, 0) is 12.0 Å². The Morgan fingerprint density at radius 3 is 2.69 bits per heavy atom. The van der Waals surface area contributed by atoms with Gasteiger partial charge in [0.2, 0.25) is 5.91 Å². The Labute approximate surface area is 154 Å². The summed E-state index contributed by atoms with van der Waals surface area (Å²) in [5.41, 5.74) is 1.21. The van der Waals surface area contributed by atoms with Gasteiger partial charge in [-0.2, -0.15) is 0 Å². The minimum Gasteiger partial charge on any atom is -0.355 e. The zero-order valence-corrected chi connectivity index (χ0v) is 15.4. The Kier molecular flexibility index (Phi) is 8.11. The van der Waals surface area contributed by atoms with Crippen molar-refractivity contribution in [1.82, 2.24) is 30.7 Å². The van der Waals surface area contributed by atoms with E-state index in [0.717, 1.165) is 25.2 Å². The van der Waals surface area contributed by atoms with E-state index in [4.69, 9.17) is 0 Å². The van der Waals surface area contributed by atoms with Crippen LogP contribution in [0.1, 0.15) is 18.3 Å². The number of carbonyl (C=O) groups is 1. The summed E-state index contributed by atoms with van der Waals surface area (Å²) in [7, 11) is 1.68. The van der Waals surface area contributed by atoms with Gasteiger partial charge < -0.3 is 20.5 Å². The molecule has 0 aliphatic carbocycles. The van der Waals surface area contributed by atoms with E-state index in [2.05, 4.69) is 43.3 Å². The molecular weight excluding hydrogens is 330 g/mol. The first-order chi connectivity index (χ1) is 12.7. The molecule has 1 heterocycles. The number of nitrogens with zero attached hydrogens (tertiary/aromatic N) is 4. The normalized spacial score (nSPS) is 11.2. The number of benzene rings is 1. The first-order valence-corrected chi connectivity index (χ1v) is 8.84. The van der Waals surface area contributed by atoms with E-state index in [0.29, 0.717) is 19.0 Å². The predicted molar refractivity (Wildman–Crippen MR) is 102 cm³/mol. The van der Waals surface area contributed by atoms with Crippen molar-refractivity contribution in [3.8, 4) is 0 Å². The third kappa shape index (κ3) is 6.54. The minimum absolute atomic E-state index is 0.0593. The van der Waals surface area contributed by atoms with E-state index < -0.39 is 0 Å². The number of aromatic nitrogens is 3. The van der Waals surface area contributed by atoms with E-state index in [1.165, 1.54) is 5.56 Å². The van der Waals surface area contributed by atoms with Crippen molar-refractivity contribution in [3.63, 3.8) is 0 Å². The van der Waals surface area contributed by atoms with Crippen LogP contribution in [-0.4, -0.2) is 53.3 Å². The monoisotopic (exact) mass is 357 g/mol. The lowest BCUT2D eigenvalue weighted by atomic mass is 10.1. The van der Waals surface area contributed by atoms with Crippen LogP contribution in [0.4, 0.5) is 0 Å². The van der Waals surface area contributed by atoms with E-state index in [9.17, 15) is 4.79 Å². The van der Waals surface area contributed by atoms with Gasteiger partial charge in [-0.25, -0.2) is 0 Å². The minimum atomic E-state index is -0.0593. The Balaban J connectivity index is 1.62. The molecule has 140 valence electrons. The fourth-order valence-corrected chi connectivity index (χ4v) is 2.47. The van der Waals surface area contributed by atoms with Crippen LogP contribution < -0.4 is 16.0 Å². The largest absolute Gasteiger partial charge is 0.355 e. The third-order valence-corrected chi connectivity index (χ3v) is 3.88. The molecule has 26 heavy (non-hydrogen) atoms. The molecule has 0 aliphatic heterocycles. The fourth-order valence-electron chi connectivity index (χ4n) is 2.47. The molecule has 0 atom stereocenters. The smallest absolute Gasteiger partial charge is 0.239 e. The van der Waals surface area contributed by atoms with Crippen molar-refractivity contribution in [3.05, 3.63) is 48.0 Å². The van der Waals surface area contributed by atoms with E-state index in [-0.39, 0.29) is 12.5 Å². The lowest BCUT2D eigenvalue weighted by Crippen LogP contribution is -2.44. The third-order valence-electron chi connectivity index (χ3n) is 3.88. The van der Waals surface area contributed by atoms with E-state index in [1.54, 1.807) is 13.4 Å². The molecule has 1 amide bonds. The average Bonchev–Trinajstić information content (AvgIpc) is 3.13. The Morgan fingerprint density at radius 1 is 1.15 bits per heavy atom. The van der Waals surface area contributed by atoms with Gasteiger partial charge in [-0.3, -0.25) is 9.79 Å². The summed E-state index contributed by atoms with van der Waals surface area (Å²) in [6.07, 6.45) is 3.38. The highest BCUT2D eigenvalue weighted by atomic mass is 16.1. The maximum absolute atomic E-state index is 11.9. The first-order valence-electron chi connectivity index (χ1n) is 8.84. The molecular formula is C18H27N7O. The van der Waals surface area contributed by atoms with E-state index in [1.807, 2.05) is 29.7 Å². The SMILES string of the molecule is CCc1nncn1CCNC(=NC)NCC(=O)NCCc1ccccc1. The summed E-state index contributed by atoms with van der Waals surface area (Å²) in [6.45, 7) is 4.25. The number of amides is 1. The molecule has 0 radical (unpaired) electrons. The lowest BCUT2D eigenvalue weighted by Gasteiger charge is -2.12. The van der Waals surface area contributed by atoms with Crippen LogP contribution in [0, 0.1) is 0 Å². The van der Waals surface area contributed by atoms with Crippen LogP contribution in [0.15, 0.2) is 41.7 Å². The number of hydrogen-bond donors (Lipinski definition) is 3. The van der Waals surface area contributed by atoms with Gasteiger partial charge in [-0.15, -0.1) is 10.2 Å². The van der Waals surface area contributed by atoms with Crippen LogP contribution in [0.2, 0.25) is 0 Å². The zero-order chi connectivity index (χ0) is 18.6. The molecule has 2 aromatic rings. The first kappa shape index (κ1) is 19.4. The Morgan fingerprint density at radius 2 is 1.96 bits per heavy atom. The number of aryl methyl sites for hydroxylation is 1. The second-order valence-corrected chi connectivity index (χ2v) is 5.73. The molecule has 0 saturated carbocycles. The molecule has 0 unspecified atom stereocenters. The van der Waals surface area contributed by atoms with Gasteiger partial charge in [0.15, 0.2) is 5.96 Å². The van der Waals surface area contributed by atoms with Crippen molar-refractivity contribution < 1.29 is 4.79 Å². The number of nitrogens with one attached hydrogen (secondary N) is 3. The fraction of sp³-hybridized carbons (Fsp3) is 0.444. The highest BCUT2D eigenvalue weighted by Crippen LogP contribution is 1.98. The number of carbonyl (C=O) groups excluding carboxylic acids is 1. The summed E-state index contributed by atoms with van der Waals surface area (Å²) in [5, 5.41) is 17.0. The second kappa shape index (κ2) is 10.9. The molecule has 0 bridgehead atoms. The second-order valence-electron chi connectivity index (χ2n) is 5.73. The van der Waals surface area contributed by atoms with Crippen molar-refractivity contribution >= 4 is 11.9 Å². The molecule has 0 spiro atoms. The van der Waals surface area contributed by atoms with Gasteiger partial charge in [-0.1, -0.05) is 37.3 Å². The van der Waals surface area contributed by atoms with Gasteiger partial charge >= 0.3 is 0 Å². The number of aliphatic imine (C=N–C) groups is 1. The lowest BCUT2D eigenvalue weighted by molar-refractivity contribution is -0.119. The van der Waals surface area contributed by atoms with E-state index >= 15 is 0 Å². The van der Waals surface area contributed by atoms with Crippen LogP contribution in [0.3, 0.4) is 0 Å². The summed E-state index contributed by atoms with van der Waals surface area (Å²) in [6, 6.07) is 10.1. The van der Waals surface area contributed by atoms with Gasteiger partial charge in [0.1, 0.15) is 12.2 Å². The number of rotatable bonds is 9. The average molecular weight is 357 g/mol. The zero-order valence-electron chi connectivity index (χ0n) is 15.4. The molecule has 2 rings (SSSR count). The number of hydrogen-bond acceptors (Lipinski definition) is 4. The van der Waals surface area contributed by atoms with Crippen molar-refractivity contribution in [2.45, 2.75) is 26.3 Å². The topological polar surface area (TPSA) is 96.2 Å². The molecule has 0 fully saturated rings. The molecule has 8 heteroatoms. The summed E-state index contributed by atoms with van der Waals surface area (Å²) in [4.78, 5) is 16.0. The highest BCUT2D eigenvalue weighted by Gasteiger charge is 2.04. The van der Waals surface area contributed by atoms with Crippen molar-refractivity contribution in [2.75, 3.05) is 26.7 Å². The molecule has 0 saturated heterocycles.